The lowest BCUT2D eigenvalue weighted by molar-refractivity contribution is -0.116. The number of carbonyl (C=O) groups excluding carboxylic acids is 1. The van der Waals surface area contributed by atoms with Crippen LogP contribution >= 0.6 is 23.2 Å². The highest BCUT2D eigenvalue weighted by Crippen LogP contribution is 2.17. The van der Waals surface area contributed by atoms with Gasteiger partial charge in [0, 0.05) is 12.5 Å². The van der Waals surface area contributed by atoms with Crippen LogP contribution in [0.15, 0.2) is 6.07 Å². The van der Waals surface area contributed by atoms with E-state index in [0.29, 0.717) is 24.7 Å². The van der Waals surface area contributed by atoms with E-state index >= 15 is 0 Å². The van der Waals surface area contributed by atoms with Crippen LogP contribution in [0.4, 0.5) is 5.82 Å². The van der Waals surface area contributed by atoms with Crippen LogP contribution in [-0.2, 0) is 4.79 Å². The first-order valence-electron chi connectivity index (χ1n) is 6.25. The second-order valence-electron chi connectivity index (χ2n) is 4.28. The Balaban J connectivity index is 2.46. The first-order valence-corrected chi connectivity index (χ1v) is 7.00. The molecule has 1 unspecified atom stereocenters. The van der Waals surface area contributed by atoms with Crippen molar-refractivity contribution in [2.75, 3.05) is 11.9 Å². The molecule has 106 valence electrons. The van der Waals surface area contributed by atoms with Gasteiger partial charge in [0.1, 0.15) is 11.0 Å². The third kappa shape index (κ3) is 6.18. The van der Waals surface area contributed by atoms with Gasteiger partial charge in [-0.25, -0.2) is 9.97 Å². The molecule has 0 aromatic carbocycles. The van der Waals surface area contributed by atoms with E-state index in [9.17, 15) is 4.79 Å². The number of nitrogens with one attached hydrogen (secondary N) is 1. The zero-order valence-electron chi connectivity index (χ0n) is 10.8. The van der Waals surface area contributed by atoms with E-state index in [1.54, 1.807) is 0 Å². The monoisotopic (exact) mass is 304 g/mol. The summed E-state index contributed by atoms with van der Waals surface area (Å²) in [6, 6.07) is 1.46. The van der Waals surface area contributed by atoms with E-state index < -0.39 is 0 Å². The van der Waals surface area contributed by atoms with Gasteiger partial charge in [0.2, 0.25) is 11.2 Å². The average molecular weight is 305 g/mol. The molecular formula is C12H18Cl2N4O. The van der Waals surface area contributed by atoms with Crippen LogP contribution in [0.1, 0.15) is 32.6 Å². The summed E-state index contributed by atoms with van der Waals surface area (Å²) in [5, 5.41) is 2.87. The maximum atomic E-state index is 11.8. The van der Waals surface area contributed by atoms with Crippen LogP contribution < -0.4 is 11.1 Å². The van der Waals surface area contributed by atoms with Crippen LogP contribution in [0.3, 0.4) is 0 Å². The van der Waals surface area contributed by atoms with Gasteiger partial charge in [-0.3, -0.25) is 4.79 Å². The van der Waals surface area contributed by atoms with Gasteiger partial charge >= 0.3 is 0 Å². The molecule has 0 saturated carbocycles. The molecule has 0 spiro atoms. The van der Waals surface area contributed by atoms with Crippen molar-refractivity contribution in [1.82, 2.24) is 9.97 Å². The first kappa shape index (κ1) is 16.1. The number of nitrogens with two attached hydrogens (primary N) is 1. The summed E-state index contributed by atoms with van der Waals surface area (Å²) in [5.41, 5.74) is 5.52. The molecule has 0 saturated heterocycles. The molecule has 0 radical (unpaired) electrons. The summed E-state index contributed by atoms with van der Waals surface area (Å²) in [6.07, 6.45) is 3.20. The van der Waals surface area contributed by atoms with Crippen LogP contribution in [0.25, 0.3) is 0 Å². The van der Waals surface area contributed by atoms with Crippen molar-refractivity contribution >= 4 is 34.9 Å². The zero-order valence-corrected chi connectivity index (χ0v) is 12.3. The quantitative estimate of drug-likeness (QED) is 0.599. The Bertz CT molecular complexity index is 408. The molecule has 0 aliphatic carbocycles. The van der Waals surface area contributed by atoms with Gasteiger partial charge in [-0.1, -0.05) is 24.9 Å². The van der Waals surface area contributed by atoms with Crippen LogP contribution in [0.5, 0.6) is 0 Å². The Labute approximate surface area is 122 Å². The van der Waals surface area contributed by atoms with E-state index in [1.165, 1.54) is 6.07 Å². The molecule has 0 fully saturated rings. The molecule has 5 nitrogen and oxygen atoms in total. The summed E-state index contributed by atoms with van der Waals surface area (Å²) in [4.78, 5) is 19.4. The van der Waals surface area contributed by atoms with Gasteiger partial charge in [-0.05, 0) is 36.9 Å². The molecule has 19 heavy (non-hydrogen) atoms. The van der Waals surface area contributed by atoms with Crippen molar-refractivity contribution in [1.29, 1.82) is 0 Å². The van der Waals surface area contributed by atoms with Crippen molar-refractivity contribution in [2.45, 2.75) is 32.6 Å². The number of carbonyl (C=O) groups is 1. The number of hydrogen-bond donors (Lipinski definition) is 2. The van der Waals surface area contributed by atoms with Crippen molar-refractivity contribution in [2.24, 2.45) is 11.7 Å². The fraction of sp³-hybridized carbons (Fsp3) is 0.583. The van der Waals surface area contributed by atoms with Gasteiger partial charge in [0.05, 0.1) is 0 Å². The van der Waals surface area contributed by atoms with Gasteiger partial charge in [0.25, 0.3) is 0 Å². The van der Waals surface area contributed by atoms with Gasteiger partial charge in [0.15, 0.2) is 0 Å². The largest absolute Gasteiger partial charge is 0.330 e. The number of anilines is 1. The van der Waals surface area contributed by atoms with Crippen LogP contribution in [0.2, 0.25) is 10.4 Å². The Morgan fingerprint density at radius 1 is 1.42 bits per heavy atom. The molecular weight excluding hydrogens is 287 g/mol. The number of hydrogen-bond acceptors (Lipinski definition) is 4. The Hall–Kier alpha value is -0.910. The van der Waals surface area contributed by atoms with Gasteiger partial charge in [-0.2, -0.15) is 0 Å². The standard InChI is InChI=1S/C12H18Cl2N4O/c1-2-8(5-6-15)3-4-11(19)17-10-7-9(13)16-12(14)18-10/h7-8H,2-6,15H2,1H3,(H,16,17,18,19). The molecule has 0 aliphatic heterocycles. The van der Waals surface area contributed by atoms with Crippen molar-refractivity contribution in [3.05, 3.63) is 16.5 Å². The Kier molecular flexibility index (Phi) is 7.05. The number of halogens is 2. The summed E-state index contributed by atoms with van der Waals surface area (Å²) in [6.45, 7) is 2.75. The molecule has 0 aliphatic rings. The molecule has 1 rings (SSSR count). The highest BCUT2D eigenvalue weighted by molar-refractivity contribution is 6.32. The SMILES string of the molecule is CCC(CCN)CCC(=O)Nc1cc(Cl)nc(Cl)n1. The highest BCUT2D eigenvalue weighted by Gasteiger charge is 2.10. The molecule has 1 aromatic heterocycles. The van der Waals surface area contributed by atoms with E-state index in [-0.39, 0.29) is 16.3 Å². The van der Waals surface area contributed by atoms with Gasteiger partial charge < -0.3 is 11.1 Å². The number of amides is 1. The van der Waals surface area contributed by atoms with Crippen molar-refractivity contribution < 1.29 is 4.79 Å². The summed E-state index contributed by atoms with van der Waals surface area (Å²) < 4.78 is 0. The predicted molar refractivity (Wildman–Crippen MR) is 77.4 cm³/mol. The maximum Gasteiger partial charge on any atom is 0.225 e. The topological polar surface area (TPSA) is 80.9 Å². The molecule has 0 bridgehead atoms. The Morgan fingerprint density at radius 3 is 2.74 bits per heavy atom. The third-order valence-corrected chi connectivity index (χ3v) is 3.23. The molecule has 1 aromatic rings. The number of aromatic nitrogens is 2. The second-order valence-corrected chi connectivity index (χ2v) is 5.01. The lowest BCUT2D eigenvalue weighted by atomic mass is 9.96. The van der Waals surface area contributed by atoms with Crippen LogP contribution in [-0.4, -0.2) is 22.4 Å². The molecule has 7 heteroatoms. The minimum atomic E-state index is -0.110. The summed E-state index contributed by atoms with van der Waals surface area (Å²) in [7, 11) is 0. The average Bonchev–Trinajstić information content (AvgIpc) is 2.33. The molecule has 1 amide bonds. The van der Waals surface area contributed by atoms with E-state index in [2.05, 4.69) is 22.2 Å². The minimum absolute atomic E-state index is 0.0115. The van der Waals surface area contributed by atoms with E-state index in [4.69, 9.17) is 28.9 Å². The minimum Gasteiger partial charge on any atom is -0.330 e. The van der Waals surface area contributed by atoms with Crippen molar-refractivity contribution in [3.63, 3.8) is 0 Å². The molecule has 1 heterocycles. The fourth-order valence-corrected chi connectivity index (χ4v) is 2.19. The molecule has 3 N–H and O–H groups in total. The fourth-order valence-electron chi connectivity index (χ4n) is 1.78. The first-order chi connectivity index (χ1) is 9.05. The summed E-state index contributed by atoms with van der Waals surface area (Å²) in [5.74, 6) is 0.691. The van der Waals surface area contributed by atoms with Gasteiger partial charge in [-0.15, -0.1) is 0 Å². The Morgan fingerprint density at radius 2 is 2.16 bits per heavy atom. The molecule has 1 atom stereocenters. The lowest BCUT2D eigenvalue weighted by Crippen LogP contribution is -2.15. The smallest absolute Gasteiger partial charge is 0.225 e. The van der Waals surface area contributed by atoms with Crippen LogP contribution in [0, 0.1) is 5.92 Å². The lowest BCUT2D eigenvalue weighted by Gasteiger charge is -2.13. The summed E-state index contributed by atoms with van der Waals surface area (Å²) >= 11 is 11.4. The normalized spacial score (nSPS) is 12.2. The number of rotatable bonds is 7. The van der Waals surface area contributed by atoms with E-state index in [1.807, 2.05) is 0 Å². The maximum absolute atomic E-state index is 11.8. The highest BCUT2D eigenvalue weighted by atomic mass is 35.5. The number of nitrogens with zero attached hydrogens (tertiary/aromatic N) is 2. The zero-order chi connectivity index (χ0) is 14.3. The predicted octanol–water partition coefficient (Wildman–Crippen LogP) is 2.88. The van der Waals surface area contributed by atoms with Crippen molar-refractivity contribution in [3.8, 4) is 0 Å². The second kappa shape index (κ2) is 8.30. The third-order valence-electron chi connectivity index (χ3n) is 2.87. The van der Waals surface area contributed by atoms with E-state index in [0.717, 1.165) is 19.3 Å².